The summed E-state index contributed by atoms with van der Waals surface area (Å²) in [6, 6.07) is 0.145. The minimum atomic E-state index is -2.71. The van der Waals surface area contributed by atoms with Gasteiger partial charge in [-0.25, -0.2) is 14.6 Å². The standard InChI is InChI=1S/C23H24N2O4S.ClH/c1-2-3-6-21-24-14-19(12-18(23(28)29)13-20-5-4-11-30-20)25(21)15-16-7-9-17(10-8-16)22(26)27;/h4-5,7-12,14H,2-3,6,13,15H2,1H3,(H,26,27)(H,28,29);1H/b18-12+;/i7D,8D,9D,10D,15D2;. The van der Waals surface area contributed by atoms with E-state index in [1.807, 2.05) is 12.3 Å². The Morgan fingerprint density at radius 2 is 2.03 bits per heavy atom. The van der Waals surface area contributed by atoms with Crippen LogP contribution in [0.5, 0.6) is 0 Å². The van der Waals surface area contributed by atoms with Crippen LogP contribution >= 0.6 is 23.7 Å². The molecule has 0 saturated heterocycles. The number of aryl methyl sites for hydroxylation is 1. The molecule has 6 nitrogen and oxygen atoms in total. The molecule has 1 aromatic carbocycles. The van der Waals surface area contributed by atoms with Gasteiger partial charge in [0.2, 0.25) is 0 Å². The van der Waals surface area contributed by atoms with Crippen LogP contribution in [0, 0.1) is 0 Å². The van der Waals surface area contributed by atoms with Gasteiger partial charge in [-0.2, -0.15) is 0 Å². The van der Waals surface area contributed by atoms with Crippen molar-refractivity contribution in [1.29, 1.82) is 0 Å². The van der Waals surface area contributed by atoms with Gasteiger partial charge in [0.25, 0.3) is 0 Å². The summed E-state index contributed by atoms with van der Waals surface area (Å²) in [7, 11) is 0. The van der Waals surface area contributed by atoms with Crippen LogP contribution in [-0.2, 0) is 24.1 Å². The van der Waals surface area contributed by atoms with Crippen LogP contribution in [-0.4, -0.2) is 31.7 Å². The highest BCUT2D eigenvalue weighted by atomic mass is 35.5. The fourth-order valence-corrected chi connectivity index (χ4v) is 3.43. The fourth-order valence-electron chi connectivity index (χ4n) is 2.70. The maximum Gasteiger partial charge on any atom is 0.335 e. The number of imidazole rings is 1. The molecule has 0 saturated carbocycles. The molecule has 0 bridgehead atoms. The lowest BCUT2D eigenvalue weighted by Crippen LogP contribution is -2.09. The third-order valence-electron chi connectivity index (χ3n) is 4.22. The highest BCUT2D eigenvalue weighted by molar-refractivity contribution is 7.09. The van der Waals surface area contributed by atoms with E-state index in [1.165, 1.54) is 23.6 Å². The van der Waals surface area contributed by atoms with Crippen LogP contribution in [0.15, 0.2) is 53.5 Å². The first-order chi connectivity index (χ1) is 16.9. The molecule has 0 atom stereocenters. The van der Waals surface area contributed by atoms with Crippen LogP contribution in [0.3, 0.4) is 0 Å². The Morgan fingerprint density at radius 1 is 1.29 bits per heavy atom. The zero-order chi connectivity index (χ0) is 26.8. The number of aliphatic carboxylic acids is 1. The van der Waals surface area contributed by atoms with Crippen molar-refractivity contribution in [1.82, 2.24) is 9.55 Å². The fraction of sp³-hybridized carbons (Fsp3) is 0.261. The van der Waals surface area contributed by atoms with Gasteiger partial charge in [-0.05, 0) is 41.6 Å². The number of carboxylic acid groups (broad SMARTS) is 2. The van der Waals surface area contributed by atoms with Gasteiger partial charge in [0.1, 0.15) is 5.82 Å². The Bertz CT molecular complexity index is 1310. The minimum absolute atomic E-state index is 0. The van der Waals surface area contributed by atoms with Gasteiger partial charge < -0.3 is 14.8 Å². The monoisotopic (exact) mass is 466 g/mol. The Morgan fingerprint density at radius 3 is 2.61 bits per heavy atom. The predicted molar refractivity (Wildman–Crippen MR) is 124 cm³/mol. The van der Waals surface area contributed by atoms with Crippen molar-refractivity contribution in [3.63, 3.8) is 0 Å². The number of thiophene rings is 1. The van der Waals surface area contributed by atoms with Gasteiger partial charge in [0.15, 0.2) is 0 Å². The average molecular weight is 467 g/mol. The van der Waals surface area contributed by atoms with Crippen molar-refractivity contribution in [3.05, 3.63) is 81.0 Å². The van der Waals surface area contributed by atoms with E-state index in [1.54, 1.807) is 12.1 Å². The SMILES string of the molecule is Cl.[2H]c1c([2H])c(C([2H])([2H])n2c(/C=C(\Cc3cccs3)C(=O)O)cnc2CCCC)c([2H])c([2H])c1C(=O)O. The number of unbranched alkanes of at least 4 members (excludes halogenated alkanes) is 1. The Hall–Kier alpha value is -2.90. The van der Waals surface area contributed by atoms with Crippen molar-refractivity contribution in [2.75, 3.05) is 0 Å². The zero-order valence-corrected chi connectivity index (χ0v) is 18.3. The van der Waals surface area contributed by atoms with Crippen molar-refractivity contribution in [2.45, 2.75) is 39.1 Å². The van der Waals surface area contributed by atoms with E-state index in [0.29, 0.717) is 12.8 Å². The predicted octanol–water partition coefficient (Wildman–Crippen LogP) is 5.17. The molecule has 0 aliphatic rings. The topological polar surface area (TPSA) is 92.4 Å². The molecular weight excluding hydrogens is 436 g/mol. The molecule has 0 unspecified atom stereocenters. The van der Waals surface area contributed by atoms with Crippen LogP contribution in [0.4, 0.5) is 0 Å². The summed E-state index contributed by atoms with van der Waals surface area (Å²) in [5.74, 6) is -2.64. The number of hydrogen-bond acceptors (Lipinski definition) is 4. The average Bonchev–Trinajstić information content (AvgIpc) is 3.45. The second kappa shape index (κ2) is 11.5. The molecule has 3 rings (SSSR count). The molecule has 0 fully saturated rings. The molecule has 2 aromatic heterocycles. The van der Waals surface area contributed by atoms with Gasteiger partial charge >= 0.3 is 11.9 Å². The summed E-state index contributed by atoms with van der Waals surface area (Å²) in [6.45, 7) is -0.784. The van der Waals surface area contributed by atoms with Crippen molar-refractivity contribution >= 4 is 41.8 Å². The molecule has 0 spiro atoms. The Labute approximate surface area is 199 Å². The van der Waals surface area contributed by atoms with Crippen molar-refractivity contribution < 1.29 is 28.0 Å². The van der Waals surface area contributed by atoms with Gasteiger partial charge in [0, 0.05) is 29.8 Å². The number of nitrogens with zero attached hydrogens (tertiary/aromatic N) is 2. The van der Waals surface area contributed by atoms with E-state index in [9.17, 15) is 19.8 Å². The molecule has 0 aliphatic heterocycles. The van der Waals surface area contributed by atoms with Gasteiger partial charge in [-0.15, -0.1) is 23.7 Å². The smallest absolute Gasteiger partial charge is 0.335 e. The van der Waals surface area contributed by atoms with Crippen molar-refractivity contribution in [3.8, 4) is 0 Å². The quantitative estimate of drug-likeness (QED) is 0.402. The summed E-state index contributed by atoms with van der Waals surface area (Å²) >= 11 is 1.37. The summed E-state index contributed by atoms with van der Waals surface area (Å²) in [6.07, 6.45) is 4.37. The van der Waals surface area contributed by atoms with E-state index < -0.39 is 53.7 Å². The first kappa shape index (κ1) is 16.8. The lowest BCUT2D eigenvalue weighted by atomic mass is 10.1. The van der Waals surface area contributed by atoms with E-state index in [-0.39, 0.29) is 35.9 Å². The number of carbonyl (C=O) groups is 2. The number of carboxylic acids is 2. The summed E-state index contributed by atoms with van der Waals surface area (Å²) in [5.41, 5.74) is -1.48. The van der Waals surface area contributed by atoms with E-state index in [0.717, 1.165) is 15.9 Å². The number of rotatable bonds is 10. The number of hydrogen-bond donors (Lipinski definition) is 2. The van der Waals surface area contributed by atoms with E-state index in [4.69, 9.17) is 8.22 Å². The van der Waals surface area contributed by atoms with Crippen LogP contribution in [0.2, 0.25) is 0 Å². The second-order valence-electron chi connectivity index (χ2n) is 6.44. The molecule has 2 N–H and O–H groups in total. The van der Waals surface area contributed by atoms with Gasteiger partial charge in [-0.1, -0.05) is 31.5 Å². The van der Waals surface area contributed by atoms with E-state index in [2.05, 4.69) is 4.98 Å². The Balaban J connectivity index is 0.00000481. The molecule has 0 radical (unpaired) electrons. The molecule has 164 valence electrons. The first-order valence-corrected chi connectivity index (χ1v) is 10.2. The molecule has 2 heterocycles. The lowest BCUT2D eigenvalue weighted by molar-refractivity contribution is -0.132. The normalized spacial score (nSPS) is 14.4. The van der Waals surface area contributed by atoms with Crippen molar-refractivity contribution in [2.24, 2.45) is 0 Å². The van der Waals surface area contributed by atoms with Crippen LogP contribution in [0.25, 0.3) is 6.08 Å². The molecule has 0 amide bonds. The van der Waals surface area contributed by atoms with Crippen LogP contribution in [0.1, 0.15) is 60.3 Å². The maximum atomic E-state index is 12.0. The van der Waals surface area contributed by atoms with Gasteiger partial charge in [-0.3, -0.25) is 0 Å². The van der Waals surface area contributed by atoms with E-state index >= 15 is 0 Å². The molecule has 3 aromatic rings. The highest BCUT2D eigenvalue weighted by Gasteiger charge is 2.14. The van der Waals surface area contributed by atoms with Crippen LogP contribution < -0.4 is 0 Å². The first-order valence-electron chi connectivity index (χ1n) is 12.3. The summed E-state index contributed by atoms with van der Waals surface area (Å²) in [5, 5.41) is 20.9. The zero-order valence-electron chi connectivity index (χ0n) is 22.6. The molecular formula is C23H25ClN2O4S. The third kappa shape index (κ3) is 6.54. The van der Waals surface area contributed by atoms with Gasteiger partial charge in [0.05, 0.1) is 25.7 Å². The Kier molecular flexibility index (Phi) is 6.20. The molecule has 8 heteroatoms. The summed E-state index contributed by atoms with van der Waals surface area (Å²) in [4.78, 5) is 28.6. The largest absolute Gasteiger partial charge is 0.478 e. The summed E-state index contributed by atoms with van der Waals surface area (Å²) < 4.78 is 51.6. The highest BCUT2D eigenvalue weighted by Crippen LogP contribution is 2.20. The maximum absolute atomic E-state index is 12.0. The number of benzene rings is 1. The third-order valence-corrected chi connectivity index (χ3v) is 5.10. The minimum Gasteiger partial charge on any atom is -0.478 e. The molecule has 0 aliphatic carbocycles. The number of halogens is 1. The number of aromatic nitrogens is 2. The second-order valence-corrected chi connectivity index (χ2v) is 7.47. The molecule has 31 heavy (non-hydrogen) atoms. The lowest BCUT2D eigenvalue weighted by Gasteiger charge is -2.12. The number of aromatic carboxylic acids is 1.